The number of likely N-dealkylation sites (N-methyl/N-ethyl adjacent to an activating group) is 1. The van der Waals surface area contributed by atoms with Crippen molar-refractivity contribution in [1.29, 1.82) is 0 Å². The molecule has 0 aliphatic carbocycles. The van der Waals surface area contributed by atoms with Crippen LogP contribution in [0.1, 0.15) is 31.7 Å². The molecule has 0 N–H and O–H groups in total. The fraction of sp³-hybridized carbons (Fsp3) is 0.474. The summed E-state index contributed by atoms with van der Waals surface area (Å²) in [7, 11) is -3.58. The van der Waals surface area contributed by atoms with Crippen molar-refractivity contribution >= 4 is 21.6 Å². The Morgan fingerprint density at radius 1 is 1.22 bits per heavy atom. The maximum Gasteiger partial charge on any atom is 0.262 e. The number of hydrogen-bond donors (Lipinski definition) is 0. The third-order valence-corrected chi connectivity index (χ3v) is 6.56. The summed E-state index contributed by atoms with van der Waals surface area (Å²) < 4.78 is 28.4. The van der Waals surface area contributed by atoms with Crippen molar-refractivity contribution < 1.29 is 13.2 Å². The molecule has 0 saturated carbocycles. The van der Waals surface area contributed by atoms with E-state index in [1.165, 1.54) is 21.4 Å². The van der Waals surface area contributed by atoms with E-state index < -0.39 is 10.0 Å². The van der Waals surface area contributed by atoms with E-state index in [4.69, 9.17) is 0 Å². The number of amides is 1. The number of carbonyl (C=O) groups is 1. The molecule has 1 fully saturated rings. The molecule has 1 saturated heterocycles. The Bertz CT molecular complexity index is 901. The molecule has 8 heteroatoms. The van der Waals surface area contributed by atoms with Crippen LogP contribution >= 0.6 is 0 Å². The van der Waals surface area contributed by atoms with Gasteiger partial charge in [0.25, 0.3) is 10.0 Å². The monoisotopic (exact) mass is 390 g/mol. The zero-order valence-electron chi connectivity index (χ0n) is 15.8. The number of aromatic nitrogens is 2. The fourth-order valence-corrected chi connectivity index (χ4v) is 4.79. The number of benzene rings is 1. The van der Waals surface area contributed by atoms with Crippen LogP contribution in [0.2, 0.25) is 0 Å². The molecule has 1 aromatic carbocycles. The fourth-order valence-electron chi connectivity index (χ4n) is 3.34. The lowest BCUT2D eigenvalue weighted by molar-refractivity contribution is -0.119. The lowest BCUT2D eigenvalue weighted by atomic mass is 10.2. The molecule has 0 radical (unpaired) electrons. The molecule has 1 aliphatic heterocycles. The van der Waals surface area contributed by atoms with E-state index >= 15 is 0 Å². The molecule has 0 atom stereocenters. The smallest absolute Gasteiger partial charge is 0.262 e. The van der Waals surface area contributed by atoms with E-state index in [1.807, 2.05) is 38.1 Å². The molecule has 0 unspecified atom stereocenters. The molecule has 146 valence electrons. The topological polar surface area (TPSA) is 75.5 Å². The Balaban J connectivity index is 1.73. The summed E-state index contributed by atoms with van der Waals surface area (Å²) >= 11 is 0. The average Bonchev–Trinajstić information content (AvgIpc) is 3.12. The highest BCUT2D eigenvalue weighted by Gasteiger charge is 2.28. The molecule has 2 aromatic rings. The summed E-state index contributed by atoms with van der Waals surface area (Å²) in [6, 6.07) is 7.76. The number of sulfonamides is 1. The van der Waals surface area contributed by atoms with Crippen molar-refractivity contribution in [3.05, 3.63) is 42.4 Å². The standard InChI is InChI=1S/C19H26N4O3S/c1-3-23(17-9-7-8-16(2)12-17)19(24)14-21-13-18(20-15-21)27(25,26)22-10-5-4-6-11-22/h7-9,12-13,15H,3-6,10-11,14H2,1-2H3. The Labute approximate surface area is 160 Å². The zero-order valence-corrected chi connectivity index (χ0v) is 16.7. The van der Waals surface area contributed by atoms with Crippen LogP contribution in [0.4, 0.5) is 5.69 Å². The lowest BCUT2D eigenvalue weighted by Crippen LogP contribution is -2.35. The number of aryl methyl sites for hydroxylation is 1. The van der Waals surface area contributed by atoms with Gasteiger partial charge in [-0.2, -0.15) is 4.31 Å². The van der Waals surface area contributed by atoms with Gasteiger partial charge in [-0.05, 0) is 44.4 Å². The van der Waals surface area contributed by atoms with E-state index in [1.54, 1.807) is 4.90 Å². The van der Waals surface area contributed by atoms with E-state index in [2.05, 4.69) is 4.98 Å². The normalized spacial score (nSPS) is 15.6. The van der Waals surface area contributed by atoms with Crippen LogP contribution < -0.4 is 4.90 Å². The quantitative estimate of drug-likeness (QED) is 0.759. The van der Waals surface area contributed by atoms with Crippen LogP contribution in [0, 0.1) is 6.92 Å². The second-order valence-electron chi connectivity index (χ2n) is 6.83. The van der Waals surface area contributed by atoms with Crippen molar-refractivity contribution in [2.45, 2.75) is 44.7 Å². The first kappa shape index (κ1) is 19.6. The van der Waals surface area contributed by atoms with Crippen LogP contribution in [0.15, 0.2) is 41.8 Å². The van der Waals surface area contributed by atoms with Crippen LogP contribution in [0.25, 0.3) is 0 Å². The van der Waals surface area contributed by atoms with Crippen LogP contribution in [-0.2, 0) is 21.4 Å². The maximum absolute atomic E-state index is 12.7. The van der Waals surface area contributed by atoms with Crippen LogP contribution in [0.3, 0.4) is 0 Å². The second-order valence-corrected chi connectivity index (χ2v) is 8.71. The molecule has 1 aromatic heterocycles. The zero-order chi connectivity index (χ0) is 19.4. The minimum Gasteiger partial charge on any atom is -0.327 e. The number of nitrogens with zero attached hydrogens (tertiary/aromatic N) is 4. The number of anilines is 1. The third kappa shape index (κ3) is 4.39. The molecule has 2 heterocycles. The van der Waals surface area contributed by atoms with Gasteiger partial charge < -0.3 is 9.47 Å². The van der Waals surface area contributed by atoms with Crippen molar-refractivity contribution in [2.24, 2.45) is 0 Å². The van der Waals surface area contributed by atoms with E-state index in [0.717, 1.165) is 30.5 Å². The van der Waals surface area contributed by atoms with Gasteiger partial charge >= 0.3 is 0 Å². The summed E-state index contributed by atoms with van der Waals surface area (Å²) in [5.74, 6) is -0.109. The van der Waals surface area contributed by atoms with E-state index in [0.29, 0.717) is 19.6 Å². The van der Waals surface area contributed by atoms with Crippen molar-refractivity contribution in [3.8, 4) is 0 Å². The third-order valence-electron chi connectivity index (χ3n) is 4.78. The summed E-state index contributed by atoms with van der Waals surface area (Å²) in [5, 5.41) is 0.0100. The van der Waals surface area contributed by atoms with Crippen molar-refractivity contribution in [3.63, 3.8) is 0 Å². The van der Waals surface area contributed by atoms with Gasteiger partial charge in [-0.1, -0.05) is 18.6 Å². The van der Waals surface area contributed by atoms with Gasteiger partial charge in [-0.25, -0.2) is 13.4 Å². The molecular weight excluding hydrogens is 364 g/mol. The van der Waals surface area contributed by atoms with Gasteiger partial charge in [0.1, 0.15) is 6.54 Å². The summed E-state index contributed by atoms with van der Waals surface area (Å²) in [6.07, 6.45) is 5.67. The average molecular weight is 391 g/mol. The molecule has 0 spiro atoms. The number of hydrogen-bond acceptors (Lipinski definition) is 4. The van der Waals surface area contributed by atoms with Gasteiger partial charge in [0.2, 0.25) is 5.91 Å². The Morgan fingerprint density at radius 2 is 1.96 bits per heavy atom. The number of carbonyl (C=O) groups excluding carboxylic acids is 1. The summed E-state index contributed by atoms with van der Waals surface area (Å²) in [6.45, 7) is 5.55. The van der Waals surface area contributed by atoms with Crippen molar-refractivity contribution in [2.75, 3.05) is 24.5 Å². The van der Waals surface area contributed by atoms with Crippen molar-refractivity contribution in [1.82, 2.24) is 13.9 Å². The Hall–Kier alpha value is -2.19. The minimum atomic E-state index is -3.58. The van der Waals surface area contributed by atoms with E-state index in [9.17, 15) is 13.2 Å². The second kappa shape index (κ2) is 8.22. The van der Waals surface area contributed by atoms with Crippen LogP contribution in [0.5, 0.6) is 0 Å². The first-order valence-electron chi connectivity index (χ1n) is 9.31. The lowest BCUT2D eigenvalue weighted by Gasteiger charge is -2.24. The number of imidazole rings is 1. The highest BCUT2D eigenvalue weighted by atomic mass is 32.2. The van der Waals surface area contributed by atoms with Gasteiger partial charge in [0, 0.05) is 31.5 Å². The van der Waals surface area contributed by atoms with Gasteiger partial charge in [0.15, 0.2) is 5.03 Å². The first-order chi connectivity index (χ1) is 12.9. The number of piperidine rings is 1. The molecule has 0 bridgehead atoms. The summed E-state index contributed by atoms with van der Waals surface area (Å²) in [4.78, 5) is 18.5. The predicted octanol–water partition coefficient (Wildman–Crippen LogP) is 2.42. The van der Waals surface area contributed by atoms with Gasteiger partial charge in [-0.3, -0.25) is 4.79 Å². The SMILES string of the molecule is CCN(C(=O)Cn1cnc(S(=O)(=O)N2CCCCC2)c1)c1cccc(C)c1. The Kier molecular flexibility index (Phi) is 5.96. The maximum atomic E-state index is 12.7. The molecule has 3 rings (SSSR count). The van der Waals surface area contributed by atoms with Gasteiger partial charge in [0.05, 0.1) is 6.33 Å². The largest absolute Gasteiger partial charge is 0.327 e. The Morgan fingerprint density at radius 3 is 2.63 bits per heavy atom. The molecule has 1 aliphatic rings. The summed E-state index contributed by atoms with van der Waals surface area (Å²) in [5.41, 5.74) is 1.92. The van der Waals surface area contributed by atoms with Gasteiger partial charge in [-0.15, -0.1) is 0 Å². The van der Waals surface area contributed by atoms with Crippen LogP contribution in [-0.4, -0.2) is 47.8 Å². The molecular formula is C19H26N4O3S. The molecule has 1 amide bonds. The first-order valence-corrected chi connectivity index (χ1v) is 10.7. The molecule has 7 nitrogen and oxygen atoms in total. The highest BCUT2D eigenvalue weighted by Crippen LogP contribution is 2.20. The predicted molar refractivity (Wildman–Crippen MR) is 104 cm³/mol. The number of rotatable bonds is 6. The molecule has 27 heavy (non-hydrogen) atoms. The highest BCUT2D eigenvalue weighted by molar-refractivity contribution is 7.89. The minimum absolute atomic E-state index is 0.0100. The van der Waals surface area contributed by atoms with E-state index in [-0.39, 0.29) is 17.5 Å².